The van der Waals surface area contributed by atoms with E-state index in [0.717, 1.165) is 0 Å². The molecule has 0 aliphatic rings. The van der Waals surface area contributed by atoms with E-state index < -0.39 is 15.9 Å². The molecular formula is C23H23ClN2O5S. The van der Waals surface area contributed by atoms with E-state index in [4.69, 9.17) is 21.1 Å². The van der Waals surface area contributed by atoms with Crippen molar-refractivity contribution in [2.45, 2.75) is 24.8 Å². The second-order valence-corrected chi connectivity index (χ2v) is 9.21. The van der Waals surface area contributed by atoms with Crippen LogP contribution in [0.2, 0.25) is 5.02 Å². The van der Waals surface area contributed by atoms with Gasteiger partial charge in [0.15, 0.2) is 5.75 Å². The van der Waals surface area contributed by atoms with Gasteiger partial charge in [0, 0.05) is 11.6 Å². The van der Waals surface area contributed by atoms with Crippen LogP contribution >= 0.6 is 11.6 Å². The molecule has 0 fully saturated rings. The molecule has 0 saturated carbocycles. The van der Waals surface area contributed by atoms with Crippen molar-refractivity contribution in [1.82, 2.24) is 4.72 Å². The summed E-state index contributed by atoms with van der Waals surface area (Å²) in [6.45, 7) is 3.41. The number of anilines is 1. The third-order valence-electron chi connectivity index (χ3n) is 4.30. The summed E-state index contributed by atoms with van der Waals surface area (Å²) in [5.41, 5.74) is 0.542. The summed E-state index contributed by atoms with van der Waals surface area (Å²) >= 11 is 6.17. The first kappa shape index (κ1) is 23.6. The van der Waals surface area contributed by atoms with Crippen LogP contribution in [0.3, 0.4) is 0 Å². The fourth-order valence-electron chi connectivity index (χ4n) is 2.90. The topological polar surface area (TPSA) is 93.7 Å². The monoisotopic (exact) mass is 474 g/mol. The molecule has 0 atom stereocenters. The van der Waals surface area contributed by atoms with Gasteiger partial charge in [-0.1, -0.05) is 35.9 Å². The molecule has 9 heteroatoms. The lowest BCUT2D eigenvalue weighted by Gasteiger charge is -2.15. The van der Waals surface area contributed by atoms with Crippen LogP contribution in [0.1, 0.15) is 24.2 Å². The average molecular weight is 475 g/mol. The zero-order chi connectivity index (χ0) is 23.3. The predicted octanol–water partition coefficient (Wildman–Crippen LogP) is 5.08. The summed E-state index contributed by atoms with van der Waals surface area (Å²) in [5.74, 6) is 0.450. The maximum Gasteiger partial charge on any atom is 0.255 e. The van der Waals surface area contributed by atoms with Crippen molar-refractivity contribution < 1.29 is 22.7 Å². The number of nitrogens with one attached hydrogen (secondary N) is 2. The van der Waals surface area contributed by atoms with Gasteiger partial charge >= 0.3 is 0 Å². The summed E-state index contributed by atoms with van der Waals surface area (Å²) in [7, 11) is -2.51. The Morgan fingerprint density at radius 1 is 0.938 bits per heavy atom. The molecule has 0 aliphatic carbocycles. The summed E-state index contributed by atoms with van der Waals surface area (Å²) in [6, 6.07) is 17.7. The Balaban J connectivity index is 1.90. The lowest BCUT2D eigenvalue weighted by molar-refractivity contribution is 0.102. The number of carbonyl (C=O) groups is 1. The molecule has 0 aromatic heterocycles. The molecule has 0 aliphatic heterocycles. The number of hydrogen-bond donors (Lipinski definition) is 2. The van der Waals surface area contributed by atoms with Crippen molar-refractivity contribution >= 4 is 33.2 Å². The largest absolute Gasteiger partial charge is 0.495 e. The van der Waals surface area contributed by atoms with Crippen LogP contribution in [-0.2, 0) is 10.0 Å². The van der Waals surface area contributed by atoms with Crippen molar-refractivity contribution in [3.8, 4) is 17.2 Å². The number of hydrogen-bond acceptors (Lipinski definition) is 5. The molecular weight excluding hydrogens is 452 g/mol. The van der Waals surface area contributed by atoms with Gasteiger partial charge in [0.25, 0.3) is 5.91 Å². The number of methoxy groups -OCH3 is 1. The number of para-hydroxylation sites is 3. The minimum absolute atomic E-state index is 0.123. The Bertz CT molecular complexity index is 1230. The zero-order valence-electron chi connectivity index (χ0n) is 17.8. The lowest BCUT2D eigenvalue weighted by atomic mass is 10.2. The van der Waals surface area contributed by atoms with E-state index in [0.29, 0.717) is 22.2 Å². The molecule has 0 heterocycles. The van der Waals surface area contributed by atoms with Crippen LogP contribution < -0.4 is 19.5 Å². The zero-order valence-corrected chi connectivity index (χ0v) is 19.3. The Morgan fingerprint density at radius 2 is 1.59 bits per heavy atom. The van der Waals surface area contributed by atoms with Crippen LogP contribution in [0.25, 0.3) is 0 Å². The number of rotatable bonds is 8. The van der Waals surface area contributed by atoms with Crippen LogP contribution in [-0.4, -0.2) is 27.5 Å². The molecule has 3 aromatic rings. The summed E-state index contributed by atoms with van der Waals surface area (Å²) < 4.78 is 38.9. The second kappa shape index (κ2) is 10.0. The van der Waals surface area contributed by atoms with Crippen molar-refractivity contribution in [2.24, 2.45) is 0 Å². The smallest absolute Gasteiger partial charge is 0.255 e. The normalized spacial score (nSPS) is 11.3. The van der Waals surface area contributed by atoms with Gasteiger partial charge in [-0.2, -0.15) is 0 Å². The van der Waals surface area contributed by atoms with E-state index in [1.165, 1.54) is 25.3 Å². The van der Waals surface area contributed by atoms with E-state index in [1.54, 1.807) is 62.4 Å². The molecule has 32 heavy (non-hydrogen) atoms. The van der Waals surface area contributed by atoms with Crippen molar-refractivity contribution in [2.75, 3.05) is 12.4 Å². The standard InChI is InChI=1S/C23H23ClN2O5S/c1-15(2)26-32(28,29)22-14-16(12-13-21(22)30-3)23(27)25-18-9-5-7-11-20(18)31-19-10-6-4-8-17(19)24/h4-15,26H,1-3H3,(H,25,27). The van der Waals surface area contributed by atoms with Gasteiger partial charge < -0.3 is 14.8 Å². The van der Waals surface area contributed by atoms with Gasteiger partial charge in [-0.3, -0.25) is 4.79 Å². The Kier molecular flexibility index (Phi) is 7.40. The number of carbonyl (C=O) groups excluding carboxylic acids is 1. The third kappa shape index (κ3) is 5.59. The average Bonchev–Trinajstić information content (AvgIpc) is 2.75. The van der Waals surface area contributed by atoms with E-state index >= 15 is 0 Å². The summed E-state index contributed by atoms with van der Waals surface area (Å²) in [5, 5.41) is 3.19. The summed E-state index contributed by atoms with van der Waals surface area (Å²) in [6.07, 6.45) is 0. The highest BCUT2D eigenvalue weighted by Gasteiger charge is 2.23. The van der Waals surface area contributed by atoms with E-state index in [1.807, 2.05) is 0 Å². The van der Waals surface area contributed by atoms with Crippen molar-refractivity contribution in [1.29, 1.82) is 0 Å². The summed E-state index contributed by atoms with van der Waals surface area (Å²) in [4.78, 5) is 12.8. The van der Waals surface area contributed by atoms with Crippen LogP contribution in [0.4, 0.5) is 5.69 Å². The maximum absolute atomic E-state index is 12.9. The first-order valence-corrected chi connectivity index (χ1v) is 11.6. The van der Waals surface area contributed by atoms with Gasteiger partial charge in [0.2, 0.25) is 10.0 Å². The molecule has 0 spiro atoms. The molecule has 0 unspecified atom stereocenters. The first-order chi connectivity index (χ1) is 15.2. The SMILES string of the molecule is COc1ccc(C(=O)Nc2ccccc2Oc2ccccc2Cl)cc1S(=O)(=O)NC(C)C. The van der Waals surface area contributed by atoms with E-state index in [2.05, 4.69) is 10.0 Å². The number of benzene rings is 3. The van der Waals surface area contributed by atoms with Gasteiger partial charge in [-0.15, -0.1) is 0 Å². The lowest BCUT2D eigenvalue weighted by Crippen LogP contribution is -2.30. The molecule has 3 aromatic carbocycles. The molecule has 168 valence electrons. The quantitative estimate of drug-likeness (QED) is 0.474. The highest BCUT2D eigenvalue weighted by molar-refractivity contribution is 7.89. The Morgan fingerprint density at radius 3 is 2.25 bits per heavy atom. The van der Waals surface area contributed by atoms with Gasteiger partial charge in [0.05, 0.1) is 17.8 Å². The third-order valence-corrected chi connectivity index (χ3v) is 6.29. The Hall–Kier alpha value is -3.07. The highest BCUT2D eigenvalue weighted by atomic mass is 35.5. The van der Waals surface area contributed by atoms with Crippen LogP contribution in [0, 0.1) is 0 Å². The van der Waals surface area contributed by atoms with Gasteiger partial charge in [0.1, 0.15) is 16.4 Å². The number of ether oxygens (including phenoxy) is 2. The fourth-order valence-corrected chi connectivity index (χ4v) is 4.52. The highest BCUT2D eigenvalue weighted by Crippen LogP contribution is 2.34. The van der Waals surface area contributed by atoms with Crippen LogP contribution in [0.15, 0.2) is 71.6 Å². The predicted molar refractivity (Wildman–Crippen MR) is 124 cm³/mol. The maximum atomic E-state index is 12.9. The van der Waals surface area contributed by atoms with Crippen molar-refractivity contribution in [3.05, 3.63) is 77.3 Å². The molecule has 2 N–H and O–H groups in total. The second-order valence-electron chi connectivity index (χ2n) is 7.12. The molecule has 0 saturated heterocycles. The van der Waals surface area contributed by atoms with E-state index in [9.17, 15) is 13.2 Å². The molecule has 7 nitrogen and oxygen atoms in total. The molecule has 3 rings (SSSR count). The fraction of sp³-hybridized carbons (Fsp3) is 0.174. The molecule has 0 radical (unpaired) electrons. The minimum Gasteiger partial charge on any atom is -0.495 e. The van der Waals surface area contributed by atoms with Crippen molar-refractivity contribution in [3.63, 3.8) is 0 Å². The van der Waals surface area contributed by atoms with Gasteiger partial charge in [-0.25, -0.2) is 13.1 Å². The van der Waals surface area contributed by atoms with Crippen LogP contribution in [0.5, 0.6) is 17.2 Å². The molecule has 0 bridgehead atoms. The molecule has 1 amide bonds. The number of halogens is 1. The number of sulfonamides is 1. The first-order valence-electron chi connectivity index (χ1n) is 9.74. The Labute approximate surface area is 192 Å². The number of amides is 1. The van der Waals surface area contributed by atoms with E-state index in [-0.39, 0.29) is 22.3 Å². The van der Waals surface area contributed by atoms with Gasteiger partial charge in [-0.05, 0) is 56.3 Å². The minimum atomic E-state index is -3.88.